The van der Waals surface area contributed by atoms with E-state index >= 15 is 0 Å². The summed E-state index contributed by atoms with van der Waals surface area (Å²) in [5, 5.41) is 3.83. The summed E-state index contributed by atoms with van der Waals surface area (Å²) in [6.07, 6.45) is 5.62. The molecule has 4 atom stereocenters. The van der Waals surface area contributed by atoms with E-state index in [1.807, 2.05) is 0 Å². The lowest BCUT2D eigenvalue weighted by molar-refractivity contribution is 0.104. The average molecular weight is 390 g/mol. The van der Waals surface area contributed by atoms with Crippen molar-refractivity contribution in [2.24, 2.45) is 0 Å². The van der Waals surface area contributed by atoms with E-state index in [2.05, 4.69) is 40.5 Å². The first kappa shape index (κ1) is 15.5. The zero-order valence-electron chi connectivity index (χ0n) is 11.0. The van der Waals surface area contributed by atoms with Crippen LogP contribution < -0.4 is 5.32 Å². The van der Waals surface area contributed by atoms with Gasteiger partial charge in [-0.05, 0) is 31.2 Å². The van der Waals surface area contributed by atoms with Crippen LogP contribution in [0.5, 0.6) is 0 Å². The van der Waals surface area contributed by atoms with E-state index in [1.54, 1.807) is 0 Å². The summed E-state index contributed by atoms with van der Waals surface area (Å²) in [7, 11) is 0. The van der Waals surface area contributed by atoms with E-state index in [4.69, 9.17) is 0 Å². The van der Waals surface area contributed by atoms with Crippen molar-refractivity contribution in [1.29, 1.82) is 0 Å². The van der Waals surface area contributed by atoms with Gasteiger partial charge in [0, 0.05) is 30.7 Å². The number of nitrogens with zero attached hydrogens (tertiary/aromatic N) is 1. The molecule has 3 aliphatic rings. The number of piperazine rings is 1. The van der Waals surface area contributed by atoms with E-state index < -0.39 is 0 Å². The maximum atomic E-state index is 3.83. The highest BCUT2D eigenvalue weighted by Crippen LogP contribution is 2.40. The second kappa shape index (κ2) is 6.25. The average Bonchev–Trinajstić information content (AvgIpc) is 2.87. The smallest absolute Gasteiger partial charge is 0.0257 e. The van der Waals surface area contributed by atoms with E-state index in [-0.39, 0.29) is 34.0 Å². The van der Waals surface area contributed by atoms with Crippen LogP contribution in [0, 0.1) is 0 Å². The molecule has 0 amide bonds. The van der Waals surface area contributed by atoms with Gasteiger partial charge in [0.2, 0.25) is 0 Å². The van der Waals surface area contributed by atoms with Crippen molar-refractivity contribution < 1.29 is 0 Å². The minimum Gasteiger partial charge on any atom is -0.308 e. The van der Waals surface area contributed by atoms with E-state index in [1.165, 1.54) is 31.2 Å². The Balaban J connectivity index is 0.000000667. The van der Waals surface area contributed by atoms with E-state index in [9.17, 15) is 0 Å². The Kier molecular flexibility index (Phi) is 5.09. The van der Waals surface area contributed by atoms with Crippen molar-refractivity contribution in [3.05, 3.63) is 35.9 Å². The molecule has 1 N–H and O–H groups in total. The Bertz CT molecular complexity index is 394. The van der Waals surface area contributed by atoms with Gasteiger partial charge in [0.25, 0.3) is 0 Å². The predicted molar refractivity (Wildman–Crippen MR) is 89.4 cm³/mol. The van der Waals surface area contributed by atoms with Gasteiger partial charge in [0.1, 0.15) is 0 Å². The Morgan fingerprint density at radius 1 is 0.895 bits per heavy atom. The van der Waals surface area contributed by atoms with Gasteiger partial charge in [0.05, 0.1) is 0 Å². The van der Waals surface area contributed by atoms with Gasteiger partial charge >= 0.3 is 0 Å². The lowest BCUT2D eigenvalue weighted by atomic mass is 10.0. The molecule has 1 aromatic carbocycles. The highest BCUT2D eigenvalue weighted by Gasteiger charge is 2.49. The quantitative estimate of drug-likeness (QED) is 0.834. The van der Waals surface area contributed by atoms with Crippen molar-refractivity contribution in [3.8, 4) is 0 Å². The third-order valence-corrected chi connectivity index (χ3v) is 4.96. The molecule has 3 fully saturated rings. The molecule has 4 heteroatoms. The lowest BCUT2D eigenvalue weighted by Gasteiger charge is -2.40. The molecule has 0 saturated carbocycles. The van der Waals surface area contributed by atoms with Crippen LogP contribution in [0.4, 0.5) is 0 Å². The van der Waals surface area contributed by atoms with Crippen LogP contribution >= 0.6 is 34.0 Å². The number of rotatable bonds is 2. The second-order valence-corrected chi connectivity index (χ2v) is 5.83. The molecular weight excluding hydrogens is 368 g/mol. The third-order valence-electron chi connectivity index (χ3n) is 4.96. The Morgan fingerprint density at radius 2 is 1.47 bits per heavy atom. The van der Waals surface area contributed by atoms with E-state index in [0.717, 1.165) is 30.7 Å². The first-order chi connectivity index (χ1) is 8.42. The summed E-state index contributed by atoms with van der Waals surface area (Å²) in [4.78, 5) is 2.79. The summed E-state index contributed by atoms with van der Waals surface area (Å²) in [5.41, 5.74) is 1.48. The second-order valence-electron chi connectivity index (χ2n) is 5.83. The third kappa shape index (κ3) is 2.65. The number of nitrogens with one attached hydrogen (secondary N) is 1. The predicted octanol–water partition coefficient (Wildman–Crippen LogP) is 3.31. The van der Waals surface area contributed by atoms with Gasteiger partial charge < -0.3 is 5.32 Å². The normalized spacial score (nSPS) is 35.6. The number of halogens is 2. The van der Waals surface area contributed by atoms with Crippen LogP contribution in [0.25, 0.3) is 0 Å². The zero-order chi connectivity index (χ0) is 11.2. The standard InChI is InChI=1S/C15H20N2.2BrH/c1-2-4-11(5-3-1)10-17-14-8-9-15(17)13-7-6-12(14)16-13;;/h1-5,12-16H,6-10H2;2*1H. The Hall–Kier alpha value is 0.100. The molecule has 0 aromatic heterocycles. The summed E-state index contributed by atoms with van der Waals surface area (Å²) < 4.78 is 0. The molecule has 4 bridgehead atoms. The van der Waals surface area contributed by atoms with Crippen molar-refractivity contribution >= 4 is 34.0 Å². The number of fused-ring (bicyclic) bond motifs is 6. The highest BCUT2D eigenvalue weighted by molar-refractivity contribution is 8.93. The molecule has 106 valence electrons. The van der Waals surface area contributed by atoms with E-state index in [0.29, 0.717) is 0 Å². The lowest BCUT2D eigenvalue weighted by Crippen LogP contribution is -2.57. The fraction of sp³-hybridized carbons (Fsp3) is 0.600. The summed E-state index contributed by atoms with van der Waals surface area (Å²) >= 11 is 0. The van der Waals surface area contributed by atoms with Crippen molar-refractivity contribution in [2.75, 3.05) is 0 Å². The van der Waals surface area contributed by atoms with Gasteiger partial charge in [-0.1, -0.05) is 30.3 Å². The highest BCUT2D eigenvalue weighted by atomic mass is 79.9. The summed E-state index contributed by atoms with van der Waals surface area (Å²) in [6, 6.07) is 14.1. The molecular formula is C15H22Br2N2. The summed E-state index contributed by atoms with van der Waals surface area (Å²) in [6.45, 7) is 1.16. The minimum atomic E-state index is 0. The maximum Gasteiger partial charge on any atom is 0.0257 e. The number of benzene rings is 1. The first-order valence-corrected chi connectivity index (χ1v) is 6.97. The number of hydrogen-bond acceptors (Lipinski definition) is 2. The molecule has 4 rings (SSSR count). The monoisotopic (exact) mass is 388 g/mol. The largest absolute Gasteiger partial charge is 0.308 e. The maximum absolute atomic E-state index is 3.83. The SMILES string of the molecule is Br.Br.c1ccc(CN2C3CCC2C2CCC3N2)cc1. The van der Waals surface area contributed by atoms with Gasteiger partial charge in [-0.25, -0.2) is 0 Å². The van der Waals surface area contributed by atoms with Crippen LogP contribution in [0.1, 0.15) is 31.2 Å². The van der Waals surface area contributed by atoms with Gasteiger partial charge in [-0.3, -0.25) is 4.90 Å². The molecule has 0 aliphatic carbocycles. The molecule has 19 heavy (non-hydrogen) atoms. The van der Waals surface area contributed by atoms with Crippen LogP contribution in [0.3, 0.4) is 0 Å². The van der Waals surface area contributed by atoms with Crippen molar-refractivity contribution in [2.45, 2.75) is 56.4 Å². The molecule has 3 saturated heterocycles. The van der Waals surface area contributed by atoms with Gasteiger partial charge in [-0.2, -0.15) is 0 Å². The molecule has 2 nitrogen and oxygen atoms in total. The van der Waals surface area contributed by atoms with Crippen molar-refractivity contribution in [3.63, 3.8) is 0 Å². The fourth-order valence-corrected chi connectivity index (χ4v) is 4.22. The van der Waals surface area contributed by atoms with Crippen LogP contribution in [-0.2, 0) is 6.54 Å². The summed E-state index contributed by atoms with van der Waals surface area (Å²) in [5.74, 6) is 0. The minimum absolute atomic E-state index is 0. The Morgan fingerprint density at radius 3 is 2.05 bits per heavy atom. The van der Waals surface area contributed by atoms with Crippen LogP contribution in [0.15, 0.2) is 30.3 Å². The van der Waals surface area contributed by atoms with Gasteiger partial charge in [-0.15, -0.1) is 34.0 Å². The molecule has 3 heterocycles. The number of hydrogen-bond donors (Lipinski definition) is 1. The first-order valence-electron chi connectivity index (χ1n) is 6.97. The zero-order valence-corrected chi connectivity index (χ0v) is 14.4. The molecule has 0 radical (unpaired) electrons. The van der Waals surface area contributed by atoms with Crippen molar-refractivity contribution in [1.82, 2.24) is 10.2 Å². The molecule has 1 aromatic rings. The van der Waals surface area contributed by atoms with Crippen LogP contribution in [-0.4, -0.2) is 29.1 Å². The molecule has 0 spiro atoms. The van der Waals surface area contributed by atoms with Crippen LogP contribution in [0.2, 0.25) is 0 Å². The topological polar surface area (TPSA) is 15.3 Å². The molecule has 4 unspecified atom stereocenters. The molecule has 3 aliphatic heterocycles. The Labute approximate surface area is 136 Å². The fourth-order valence-electron chi connectivity index (χ4n) is 4.22. The van der Waals surface area contributed by atoms with Gasteiger partial charge in [0.15, 0.2) is 0 Å².